The van der Waals surface area contributed by atoms with Crippen LogP contribution in [0.5, 0.6) is 0 Å². The molecule has 0 radical (unpaired) electrons. The summed E-state index contributed by atoms with van der Waals surface area (Å²) in [6.07, 6.45) is 3.92. The Balaban J connectivity index is 1.11. The zero-order chi connectivity index (χ0) is 36.0. The molecule has 3 heteroatoms. The number of anilines is 2. The summed E-state index contributed by atoms with van der Waals surface area (Å²) in [6.45, 7) is 4.92. The normalized spacial score (nSPS) is 20.2. The smallest absolute Gasteiger partial charge is 0.160 e. The Morgan fingerprint density at radius 1 is 0.611 bits per heavy atom. The van der Waals surface area contributed by atoms with E-state index in [9.17, 15) is 0 Å². The molecule has 6 aromatic rings. The minimum Gasteiger partial charge on any atom is -0.313 e. The second kappa shape index (κ2) is 11.8. The molecule has 6 aromatic carbocycles. The molecule has 0 saturated carbocycles. The molecular weight excluding hydrogens is 655 g/mol. The summed E-state index contributed by atoms with van der Waals surface area (Å²) >= 11 is 0. The van der Waals surface area contributed by atoms with Crippen molar-refractivity contribution in [1.82, 2.24) is 0 Å². The quantitative estimate of drug-likeness (QED) is 0.181. The highest BCUT2D eigenvalue weighted by molar-refractivity contribution is 6.15. The summed E-state index contributed by atoms with van der Waals surface area (Å²) in [4.78, 5) is 13.1. The van der Waals surface area contributed by atoms with Gasteiger partial charge in [-0.3, -0.25) is 0 Å². The van der Waals surface area contributed by atoms with Gasteiger partial charge in [-0.25, -0.2) is 9.98 Å². The van der Waals surface area contributed by atoms with E-state index in [1.54, 1.807) is 5.57 Å². The van der Waals surface area contributed by atoms with E-state index in [4.69, 9.17) is 9.98 Å². The van der Waals surface area contributed by atoms with E-state index in [0.717, 1.165) is 46.0 Å². The van der Waals surface area contributed by atoms with Crippen LogP contribution in [0.4, 0.5) is 11.4 Å². The highest BCUT2D eigenvalue weighted by Gasteiger charge is 2.55. The lowest BCUT2D eigenvalue weighted by Gasteiger charge is -2.37. The summed E-state index contributed by atoms with van der Waals surface area (Å²) in [6, 6.07) is 57.4. The maximum atomic E-state index is 5.31. The van der Waals surface area contributed by atoms with Crippen LogP contribution in [0.25, 0.3) is 11.3 Å². The van der Waals surface area contributed by atoms with Gasteiger partial charge in [0.1, 0.15) is 0 Å². The standard InChI is InChI=1S/C51H39N3/c1-51(2)41-26-13-11-24-38(41)46-47-39-25-12-14-27-44(39)54(49(47)45-37-23-10-9-20-34(37)31-40(45)48(46)51)36-22-15-21-35(30-36)43-29-28-42(32-16-5-3-6-17-32)52-50(53-43)33-18-7-4-8-19-33/h3-27,29-30,46-47H,28,31H2,1-2H3. The number of nitrogens with zero attached hydrogens (tertiary/aromatic N) is 3. The van der Waals surface area contributed by atoms with Crippen LogP contribution in [0.3, 0.4) is 0 Å². The van der Waals surface area contributed by atoms with Crippen molar-refractivity contribution < 1.29 is 0 Å². The summed E-state index contributed by atoms with van der Waals surface area (Å²) in [5.41, 5.74) is 20.7. The Hall–Kier alpha value is -6.32. The van der Waals surface area contributed by atoms with Crippen LogP contribution in [0.15, 0.2) is 191 Å². The topological polar surface area (TPSA) is 28.0 Å². The van der Waals surface area contributed by atoms with Gasteiger partial charge in [0.15, 0.2) is 5.84 Å². The third kappa shape index (κ3) is 4.54. The molecule has 54 heavy (non-hydrogen) atoms. The van der Waals surface area contributed by atoms with Crippen LogP contribution < -0.4 is 4.90 Å². The molecule has 0 spiro atoms. The molecule has 0 N–H and O–H groups in total. The molecule has 2 heterocycles. The van der Waals surface area contributed by atoms with Crippen LogP contribution in [-0.2, 0) is 11.8 Å². The maximum absolute atomic E-state index is 5.31. The average Bonchev–Trinajstić information content (AvgIpc) is 3.77. The van der Waals surface area contributed by atoms with Gasteiger partial charge in [-0.2, -0.15) is 0 Å². The first-order valence-corrected chi connectivity index (χ1v) is 19.2. The van der Waals surface area contributed by atoms with Crippen LogP contribution in [0.2, 0.25) is 0 Å². The zero-order valence-electron chi connectivity index (χ0n) is 30.5. The van der Waals surface area contributed by atoms with Crippen molar-refractivity contribution in [2.45, 2.75) is 43.9 Å². The predicted molar refractivity (Wildman–Crippen MR) is 223 cm³/mol. The maximum Gasteiger partial charge on any atom is 0.160 e. The van der Waals surface area contributed by atoms with Crippen molar-refractivity contribution in [2.75, 3.05) is 4.90 Å². The molecule has 3 nitrogen and oxygen atoms in total. The number of hydrogen-bond acceptors (Lipinski definition) is 3. The average molecular weight is 694 g/mol. The van der Waals surface area contributed by atoms with E-state index in [0.29, 0.717) is 6.42 Å². The molecule has 11 rings (SSSR count). The molecule has 0 amide bonds. The molecule has 2 unspecified atom stereocenters. The highest BCUT2D eigenvalue weighted by Crippen LogP contribution is 2.68. The Morgan fingerprint density at radius 3 is 2.13 bits per heavy atom. The first-order chi connectivity index (χ1) is 26.6. The van der Waals surface area contributed by atoms with E-state index in [-0.39, 0.29) is 17.3 Å². The Kier molecular flexibility index (Phi) is 6.85. The summed E-state index contributed by atoms with van der Waals surface area (Å²) in [7, 11) is 0. The minimum atomic E-state index is -0.0567. The van der Waals surface area contributed by atoms with Crippen LogP contribution >= 0.6 is 0 Å². The number of para-hydroxylation sites is 1. The Bertz CT molecular complexity index is 2690. The molecule has 0 saturated heterocycles. The Labute approximate surface area is 317 Å². The van der Waals surface area contributed by atoms with Gasteiger partial charge in [-0.15, -0.1) is 0 Å². The molecule has 2 aliphatic heterocycles. The van der Waals surface area contributed by atoms with Crippen molar-refractivity contribution >= 4 is 34.2 Å². The number of benzene rings is 6. The monoisotopic (exact) mass is 693 g/mol. The number of rotatable bonds is 4. The fourth-order valence-corrected chi connectivity index (χ4v) is 10.1. The van der Waals surface area contributed by atoms with E-state index in [1.165, 1.54) is 50.3 Å². The summed E-state index contributed by atoms with van der Waals surface area (Å²) in [5, 5.41) is 0. The molecule has 0 aromatic heterocycles. The van der Waals surface area contributed by atoms with E-state index < -0.39 is 0 Å². The largest absolute Gasteiger partial charge is 0.313 e. The van der Waals surface area contributed by atoms with E-state index >= 15 is 0 Å². The third-order valence-corrected chi connectivity index (χ3v) is 12.4. The second-order valence-corrected chi connectivity index (χ2v) is 15.6. The fraction of sp³-hybridized carbons (Fsp3) is 0.137. The minimum absolute atomic E-state index is 0.0567. The molecular formula is C51H39N3. The van der Waals surface area contributed by atoms with Gasteiger partial charge in [0, 0.05) is 57.4 Å². The molecule has 0 bridgehead atoms. The van der Waals surface area contributed by atoms with Crippen LogP contribution in [0.1, 0.15) is 76.6 Å². The molecule has 258 valence electrons. The molecule has 5 aliphatic rings. The van der Waals surface area contributed by atoms with Crippen LogP contribution in [0, 0.1) is 0 Å². The number of amidine groups is 1. The van der Waals surface area contributed by atoms with Crippen molar-refractivity contribution in [3.05, 3.63) is 225 Å². The van der Waals surface area contributed by atoms with Crippen LogP contribution in [-0.4, -0.2) is 11.5 Å². The number of fused-ring (bicyclic) bond motifs is 10. The summed E-state index contributed by atoms with van der Waals surface area (Å²) in [5.74, 6) is 1.22. The van der Waals surface area contributed by atoms with Gasteiger partial charge in [0.25, 0.3) is 0 Å². The number of allylic oxidation sites excluding steroid dienone is 5. The van der Waals surface area contributed by atoms with Gasteiger partial charge in [0.05, 0.1) is 11.4 Å². The lowest BCUT2D eigenvalue weighted by Crippen LogP contribution is -2.27. The predicted octanol–water partition coefficient (Wildman–Crippen LogP) is 12.0. The van der Waals surface area contributed by atoms with Gasteiger partial charge < -0.3 is 4.90 Å². The van der Waals surface area contributed by atoms with Crippen molar-refractivity contribution in [3.8, 4) is 0 Å². The fourth-order valence-electron chi connectivity index (χ4n) is 10.1. The SMILES string of the molecule is CC1(C)C2=C3Cc4ccccc4C3=C3C(c4ccccc4N3c3cccc(C4=CCC(c5ccccc5)=NC(c5ccccc5)=N4)c3)C2c2ccccc21. The van der Waals surface area contributed by atoms with E-state index in [2.05, 4.69) is 176 Å². The molecule has 0 fully saturated rings. The van der Waals surface area contributed by atoms with Crippen molar-refractivity contribution in [1.29, 1.82) is 0 Å². The van der Waals surface area contributed by atoms with Crippen molar-refractivity contribution in [2.24, 2.45) is 9.98 Å². The first-order valence-electron chi connectivity index (χ1n) is 19.2. The Morgan fingerprint density at radius 2 is 1.30 bits per heavy atom. The number of aliphatic imine (C=N–C) groups is 2. The second-order valence-electron chi connectivity index (χ2n) is 15.6. The van der Waals surface area contributed by atoms with Gasteiger partial charge in [-0.1, -0.05) is 159 Å². The lowest BCUT2D eigenvalue weighted by molar-refractivity contribution is 0.575. The lowest BCUT2D eigenvalue weighted by atomic mass is 9.68. The highest BCUT2D eigenvalue weighted by atomic mass is 15.2. The van der Waals surface area contributed by atoms with E-state index in [1.807, 2.05) is 6.07 Å². The summed E-state index contributed by atoms with van der Waals surface area (Å²) < 4.78 is 0. The van der Waals surface area contributed by atoms with Gasteiger partial charge >= 0.3 is 0 Å². The van der Waals surface area contributed by atoms with Gasteiger partial charge in [-0.05, 0) is 69.1 Å². The number of hydrogen-bond donors (Lipinski definition) is 0. The third-order valence-electron chi connectivity index (χ3n) is 12.4. The van der Waals surface area contributed by atoms with Crippen molar-refractivity contribution in [3.63, 3.8) is 0 Å². The zero-order valence-corrected chi connectivity index (χ0v) is 30.5. The van der Waals surface area contributed by atoms with Gasteiger partial charge in [0.2, 0.25) is 0 Å². The first kappa shape index (κ1) is 31.2. The molecule has 2 atom stereocenters. The molecule has 3 aliphatic carbocycles.